The van der Waals surface area contributed by atoms with Crippen molar-refractivity contribution in [2.24, 2.45) is 11.8 Å². The first-order valence-corrected chi connectivity index (χ1v) is 7.02. The van der Waals surface area contributed by atoms with Crippen molar-refractivity contribution in [3.05, 3.63) is 28.8 Å². The molecule has 0 aliphatic carbocycles. The molecule has 1 aromatic rings. The molecule has 4 heteroatoms. The molecule has 3 nitrogen and oxygen atoms in total. The number of methoxy groups -OCH3 is 1. The second kappa shape index (κ2) is 5.83. The monoisotopic (exact) mass is 281 g/mol. The third kappa shape index (κ3) is 3.21. The van der Waals surface area contributed by atoms with Gasteiger partial charge in [0, 0.05) is 18.1 Å². The van der Waals surface area contributed by atoms with Gasteiger partial charge in [-0.25, -0.2) is 0 Å². The van der Waals surface area contributed by atoms with E-state index < -0.39 is 0 Å². The van der Waals surface area contributed by atoms with Gasteiger partial charge in [-0.3, -0.25) is 4.79 Å². The molecule has 19 heavy (non-hydrogen) atoms. The number of benzene rings is 1. The summed E-state index contributed by atoms with van der Waals surface area (Å²) in [6, 6.07) is 5.16. The van der Waals surface area contributed by atoms with E-state index in [0.717, 1.165) is 13.1 Å². The Labute approximate surface area is 119 Å². The van der Waals surface area contributed by atoms with Crippen molar-refractivity contribution in [1.82, 2.24) is 4.90 Å². The topological polar surface area (TPSA) is 29.5 Å². The van der Waals surface area contributed by atoms with Crippen LogP contribution in [0.2, 0.25) is 5.02 Å². The van der Waals surface area contributed by atoms with E-state index in [1.165, 1.54) is 6.42 Å². The van der Waals surface area contributed by atoms with E-state index in [4.69, 9.17) is 16.3 Å². The average Bonchev–Trinajstić information content (AvgIpc) is 2.36. The number of ether oxygens (including phenoxy) is 1. The molecule has 1 aliphatic heterocycles. The molecule has 1 amide bonds. The second-order valence-corrected chi connectivity index (χ2v) is 5.94. The lowest BCUT2D eigenvalue weighted by atomic mass is 9.91. The van der Waals surface area contributed by atoms with Crippen molar-refractivity contribution in [3.8, 4) is 5.75 Å². The first-order chi connectivity index (χ1) is 9.01. The molecule has 0 saturated carbocycles. The Kier molecular flexibility index (Phi) is 4.35. The fraction of sp³-hybridized carbons (Fsp3) is 0.533. The lowest BCUT2D eigenvalue weighted by Crippen LogP contribution is -2.42. The molecular formula is C15H20ClNO2. The minimum absolute atomic E-state index is 0.0118. The minimum atomic E-state index is 0.0118. The number of hydrogen-bond acceptors (Lipinski definition) is 2. The first-order valence-electron chi connectivity index (χ1n) is 6.64. The predicted molar refractivity (Wildman–Crippen MR) is 76.9 cm³/mol. The lowest BCUT2D eigenvalue weighted by molar-refractivity contribution is 0.0620. The standard InChI is InChI=1S/C15H20ClNO2/c1-10-6-11(2)9-17(8-10)15(18)13-7-12(16)4-5-14(13)19-3/h4-5,7,10-11H,6,8-9H2,1-3H3/t10-,11+. The Hall–Kier alpha value is -1.22. The summed E-state index contributed by atoms with van der Waals surface area (Å²) in [5, 5.41) is 0.558. The smallest absolute Gasteiger partial charge is 0.257 e. The molecule has 0 aromatic heterocycles. The van der Waals surface area contributed by atoms with E-state index in [1.807, 2.05) is 4.90 Å². The second-order valence-electron chi connectivity index (χ2n) is 5.50. The number of hydrogen-bond donors (Lipinski definition) is 0. The molecule has 1 aromatic carbocycles. The zero-order valence-electron chi connectivity index (χ0n) is 11.6. The van der Waals surface area contributed by atoms with Crippen molar-refractivity contribution in [1.29, 1.82) is 0 Å². The van der Waals surface area contributed by atoms with Crippen LogP contribution in [0.1, 0.15) is 30.6 Å². The summed E-state index contributed by atoms with van der Waals surface area (Å²) in [5.41, 5.74) is 0.552. The molecule has 0 radical (unpaired) electrons. The summed E-state index contributed by atoms with van der Waals surface area (Å²) in [6.07, 6.45) is 1.18. The van der Waals surface area contributed by atoms with Crippen molar-refractivity contribution in [2.45, 2.75) is 20.3 Å². The molecule has 0 unspecified atom stereocenters. The van der Waals surface area contributed by atoms with E-state index in [-0.39, 0.29) is 5.91 Å². The number of halogens is 1. The molecule has 1 heterocycles. The largest absolute Gasteiger partial charge is 0.496 e. The number of piperidine rings is 1. The molecule has 2 rings (SSSR count). The van der Waals surface area contributed by atoms with Gasteiger partial charge in [-0.15, -0.1) is 0 Å². The Balaban J connectivity index is 2.26. The molecule has 2 atom stereocenters. The van der Waals surface area contributed by atoms with Gasteiger partial charge in [-0.05, 0) is 36.5 Å². The summed E-state index contributed by atoms with van der Waals surface area (Å²) >= 11 is 5.99. The van der Waals surface area contributed by atoms with Crippen LogP contribution in [0.5, 0.6) is 5.75 Å². The fourth-order valence-electron chi connectivity index (χ4n) is 2.85. The highest BCUT2D eigenvalue weighted by atomic mass is 35.5. The molecule has 1 aliphatic rings. The van der Waals surface area contributed by atoms with E-state index in [9.17, 15) is 4.79 Å². The molecular weight excluding hydrogens is 262 g/mol. The first kappa shape index (κ1) is 14.2. The number of amides is 1. The van der Waals surface area contributed by atoms with Crippen molar-refractivity contribution in [3.63, 3.8) is 0 Å². The van der Waals surface area contributed by atoms with Crippen LogP contribution in [0.15, 0.2) is 18.2 Å². The van der Waals surface area contributed by atoms with Crippen LogP contribution in [0.4, 0.5) is 0 Å². The van der Waals surface area contributed by atoms with E-state index in [1.54, 1.807) is 25.3 Å². The molecule has 1 saturated heterocycles. The molecule has 0 spiro atoms. The van der Waals surface area contributed by atoms with Gasteiger partial charge < -0.3 is 9.64 Å². The molecule has 1 fully saturated rings. The zero-order chi connectivity index (χ0) is 14.0. The van der Waals surface area contributed by atoms with Gasteiger partial charge in [0.25, 0.3) is 5.91 Å². The molecule has 0 N–H and O–H groups in total. The number of carbonyl (C=O) groups excluding carboxylic acids is 1. The van der Waals surface area contributed by atoms with Crippen LogP contribution in [-0.4, -0.2) is 31.0 Å². The number of rotatable bonds is 2. The van der Waals surface area contributed by atoms with Gasteiger partial charge in [0.05, 0.1) is 12.7 Å². The van der Waals surface area contributed by atoms with Gasteiger partial charge in [0.1, 0.15) is 5.75 Å². The summed E-state index contributed by atoms with van der Waals surface area (Å²) in [7, 11) is 1.57. The fourth-order valence-corrected chi connectivity index (χ4v) is 3.02. The summed E-state index contributed by atoms with van der Waals surface area (Å²) in [4.78, 5) is 14.5. The van der Waals surface area contributed by atoms with E-state index >= 15 is 0 Å². The number of likely N-dealkylation sites (tertiary alicyclic amines) is 1. The third-order valence-corrected chi connectivity index (χ3v) is 3.78. The lowest BCUT2D eigenvalue weighted by Gasteiger charge is -2.35. The summed E-state index contributed by atoms with van der Waals surface area (Å²) < 4.78 is 5.26. The van der Waals surface area contributed by atoms with Gasteiger partial charge in [0.15, 0.2) is 0 Å². The maximum Gasteiger partial charge on any atom is 0.257 e. The minimum Gasteiger partial charge on any atom is -0.496 e. The van der Waals surface area contributed by atoms with E-state index in [2.05, 4.69) is 13.8 Å². The van der Waals surface area contributed by atoms with Crippen molar-refractivity contribution in [2.75, 3.05) is 20.2 Å². The van der Waals surface area contributed by atoms with Gasteiger partial charge in [-0.2, -0.15) is 0 Å². The van der Waals surface area contributed by atoms with Gasteiger partial charge in [-0.1, -0.05) is 25.4 Å². The van der Waals surface area contributed by atoms with Crippen molar-refractivity contribution < 1.29 is 9.53 Å². The third-order valence-electron chi connectivity index (χ3n) is 3.55. The highest BCUT2D eigenvalue weighted by Gasteiger charge is 2.27. The Morgan fingerprint density at radius 1 is 1.32 bits per heavy atom. The van der Waals surface area contributed by atoms with E-state index in [0.29, 0.717) is 28.2 Å². The van der Waals surface area contributed by atoms with Crippen LogP contribution in [0.25, 0.3) is 0 Å². The SMILES string of the molecule is COc1ccc(Cl)cc1C(=O)N1C[C@H](C)C[C@H](C)C1. The normalized spacial score (nSPS) is 23.3. The quantitative estimate of drug-likeness (QED) is 0.831. The summed E-state index contributed by atoms with van der Waals surface area (Å²) in [6.45, 7) is 5.98. The van der Waals surface area contributed by atoms with Crippen LogP contribution in [0.3, 0.4) is 0 Å². The van der Waals surface area contributed by atoms with Gasteiger partial charge in [0.2, 0.25) is 0 Å². The zero-order valence-corrected chi connectivity index (χ0v) is 12.4. The average molecular weight is 282 g/mol. The maximum absolute atomic E-state index is 12.6. The highest BCUT2D eigenvalue weighted by Crippen LogP contribution is 2.27. The Morgan fingerprint density at radius 2 is 1.95 bits per heavy atom. The van der Waals surface area contributed by atoms with Crippen molar-refractivity contribution >= 4 is 17.5 Å². The van der Waals surface area contributed by atoms with Crippen LogP contribution >= 0.6 is 11.6 Å². The van der Waals surface area contributed by atoms with Crippen LogP contribution in [0, 0.1) is 11.8 Å². The molecule has 0 bridgehead atoms. The number of nitrogens with zero attached hydrogens (tertiary/aromatic N) is 1. The molecule has 104 valence electrons. The maximum atomic E-state index is 12.6. The van der Waals surface area contributed by atoms with Gasteiger partial charge >= 0.3 is 0 Å². The Morgan fingerprint density at radius 3 is 2.53 bits per heavy atom. The highest BCUT2D eigenvalue weighted by molar-refractivity contribution is 6.31. The Bertz CT molecular complexity index is 465. The predicted octanol–water partition coefficient (Wildman–Crippen LogP) is 3.47. The van der Waals surface area contributed by atoms with Crippen LogP contribution in [-0.2, 0) is 0 Å². The number of carbonyl (C=O) groups is 1. The van der Waals surface area contributed by atoms with Crippen LogP contribution < -0.4 is 4.74 Å². The summed E-state index contributed by atoms with van der Waals surface area (Å²) in [5.74, 6) is 1.67.